The number of piperazine rings is 1. The summed E-state index contributed by atoms with van der Waals surface area (Å²) < 4.78 is 0. The van der Waals surface area contributed by atoms with Crippen molar-refractivity contribution in [3.8, 4) is 0 Å². The number of carbonyl (C=O) groups is 1. The van der Waals surface area contributed by atoms with Gasteiger partial charge in [-0.3, -0.25) is 4.79 Å². The Kier molecular flexibility index (Phi) is 6.93. The van der Waals surface area contributed by atoms with Crippen LogP contribution in [-0.2, 0) is 4.79 Å². The molecule has 0 radical (unpaired) electrons. The maximum absolute atomic E-state index is 12.1. The van der Waals surface area contributed by atoms with Crippen molar-refractivity contribution in [2.24, 2.45) is 5.92 Å². The van der Waals surface area contributed by atoms with Gasteiger partial charge in [0.15, 0.2) is 0 Å². The van der Waals surface area contributed by atoms with Gasteiger partial charge in [0.05, 0.1) is 6.04 Å². The number of nitrogens with one attached hydrogen (secondary N) is 2. The number of hydrogen-bond acceptors (Lipinski definition) is 4. The highest BCUT2D eigenvalue weighted by atomic mass is 16.2. The molecule has 0 aliphatic carbocycles. The Morgan fingerprint density at radius 1 is 1.24 bits per heavy atom. The summed E-state index contributed by atoms with van der Waals surface area (Å²) in [5, 5.41) is 6.43. The van der Waals surface area contributed by atoms with Gasteiger partial charge in [0.25, 0.3) is 0 Å². The minimum atomic E-state index is 0.0408. The number of rotatable bonds is 6. The molecule has 2 aliphatic rings. The molecule has 1 unspecified atom stereocenters. The van der Waals surface area contributed by atoms with Crippen LogP contribution in [0.25, 0.3) is 0 Å². The maximum Gasteiger partial charge on any atom is 0.237 e. The van der Waals surface area contributed by atoms with E-state index in [0.29, 0.717) is 5.92 Å². The number of amides is 1. The highest BCUT2D eigenvalue weighted by Gasteiger charge is 2.21. The minimum absolute atomic E-state index is 0.0408. The molecule has 5 nitrogen and oxygen atoms in total. The van der Waals surface area contributed by atoms with E-state index >= 15 is 0 Å². The van der Waals surface area contributed by atoms with E-state index in [1.54, 1.807) is 0 Å². The molecule has 2 N–H and O–H groups in total. The predicted octanol–water partition coefficient (Wildman–Crippen LogP) is 0.518. The predicted molar refractivity (Wildman–Crippen MR) is 86.4 cm³/mol. The van der Waals surface area contributed by atoms with E-state index in [1.165, 1.54) is 25.9 Å². The summed E-state index contributed by atoms with van der Waals surface area (Å²) in [5.41, 5.74) is 0. The van der Waals surface area contributed by atoms with Crippen LogP contribution in [0.3, 0.4) is 0 Å². The van der Waals surface area contributed by atoms with Gasteiger partial charge in [-0.2, -0.15) is 0 Å². The van der Waals surface area contributed by atoms with Crippen LogP contribution in [0.4, 0.5) is 0 Å². The Labute approximate surface area is 129 Å². The highest BCUT2D eigenvalue weighted by molar-refractivity contribution is 5.81. The minimum Gasteiger partial charge on any atom is -0.354 e. The average Bonchev–Trinajstić information content (AvgIpc) is 2.54. The molecule has 2 saturated heterocycles. The van der Waals surface area contributed by atoms with E-state index in [-0.39, 0.29) is 11.9 Å². The molecule has 0 saturated carbocycles. The molecular weight excluding hydrogens is 264 g/mol. The zero-order valence-electron chi connectivity index (χ0n) is 13.7. The molecule has 0 aromatic heterocycles. The Balaban J connectivity index is 1.61. The third kappa shape index (κ3) is 5.57. The van der Waals surface area contributed by atoms with Crippen molar-refractivity contribution in [3.63, 3.8) is 0 Å². The first-order valence-electron chi connectivity index (χ1n) is 8.65. The number of nitrogens with zero attached hydrogens (tertiary/aromatic N) is 2. The third-order valence-electron chi connectivity index (χ3n) is 4.73. The van der Waals surface area contributed by atoms with E-state index in [4.69, 9.17) is 0 Å². The summed E-state index contributed by atoms with van der Waals surface area (Å²) in [7, 11) is 0. The first-order valence-corrected chi connectivity index (χ1v) is 8.65. The molecule has 2 atom stereocenters. The molecule has 122 valence electrons. The molecule has 1 amide bonds. The maximum atomic E-state index is 12.1. The summed E-state index contributed by atoms with van der Waals surface area (Å²) in [6, 6.07) is 0.0408. The summed E-state index contributed by atoms with van der Waals surface area (Å²) >= 11 is 0. The van der Waals surface area contributed by atoms with Crippen molar-refractivity contribution >= 4 is 5.91 Å². The van der Waals surface area contributed by atoms with Gasteiger partial charge in [-0.05, 0) is 31.8 Å². The molecule has 0 spiro atoms. The van der Waals surface area contributed by atoms with E-state index in [0.717, 1.165) is 45.7 Å². The number of likely N-dealkylation sites (N-methyl/N-ethyl adjacent to an activating group) is 1. The van der Waals surface area contributed by atoms with Gasteiger partial charge in [-0.25, -0.2) is 0 Å². The van der Waals surface area contributed by atoms with Gasteiger partial charge < -0.3 is 20.4 Å². The van der Waals surface area contributed by atoms with Crippen molar-refractivity contribution in [1.29, 1.82) is 0 Å². The largest absolute Gasteiger partial charge is 0.354 e. The lowest BCUT2D eigenvalue weighted by Gasteiger charge is -2.35. The lowest BCUT2D eigenvalue weighted by atomic mass is 10.0. The Hall–Kier alpha value is -0.650. The van der Waals surface area contributed by atoms with E-state index in [1.807, 2.05) is 0 Å². The second-order valence-corrected chi connectivity index (χ2v) is 6.59. The number of piperidine rings is 1. The van der Waals surface area contributed by atoms with Crippen LogP contribution >= 0.6 is 0 Å². The topological polar surface area (TPSA) is 47.6 Å². The second kappa shape index (κ2) is 8.71. The van der Waals surface area contributed by atoms with Gasteiger partial charge in [-0.1, -0.05) is 20.3 Å². The second-order valence-electron chi connectivity index (χ2n) is 6.59. The highest BCUT2D eigenvalue weighted by Crippen LogP contribution is 2.08. The monoisotopic (exact) mass is 296 g/mol. The van der Waals surface area contributed by atoms with Crippen LogP contribution in [-0.4, -0.2) is 74.1 Å². The molecule has 21 heavy (non-hydrogen) atoms. The van der Waals surface area contributed by atoms with Gasteiger partial charge in [0.2, 0.25) is 5.91 Å². The fourth-order valence-electron chi connectivity index (χ4n) is 3.27. The smallest absolute Gasteiger partial charge is 0.237 e. The van der Waals surface area contributed by atoms with Crippen molar-refractivity contribution in [2.75, 3.05) is 52.4 Å². The quantitative estimate of drug-likeness (QED) is 0.750. The van der Waals surface area contributed by atoms with Crippen LogP contribution in [0.15, 0.2) is 0 Å². The average molecular weight is 296 g/mol. The van der Waals surface area contributed by atoms with Crippen molar-refractivity contribution < 1.29 is 4.79 Å². The third-order valence-corrected chi connectivity index (χ3v) is 4.73. The molecule has 5 heteroatoms. The summed E-state index contributed by atoms with van der Waals surface area (Å²) in [6.45, 7) is 13.2. The molecule has 2 aliphatic heterocycles. The molecule has 0 aromatic carbocycles. The molecular formula is C16H32N4O. The molecule has 2 fully saturated rings. The van der Waals surface area contributed by atoms with Gasteiger partial charge in [0, 0.05) is 39.3 Å². The van der Waals surface area contributed by atoms with Crippen LogP contribution in [0.2, 0.25) is 0 Å². The van der Waals surface area contributed by atoms with Gasteiger partial charge >= 0.3 is 0 Å². The van der Waals surface area contributed by atoms with E-state index in [9.17, 15) is 4.79 Å². The van der Waals surface area contributed by atoms with Crippen LogP contribution < -0.4 is 10.6 Å². The number of carbonyl (C=O) groups excluding carboxylic acids is 1. The summed E-state index contributed by atoms with van der Waals surface area (Å²) in [4.78, 5) is 17.1. The summed E-state index contributed by atoms with van der Waals surface area (Å²) in [5.74, 6) is 0.711. The summed E-state index contributed by atoms with van der Waals surface area (Å²) in [6.07, 6.45) is 3.35. The standard InChI is InChI=1S/C16H32N4O/c1-3-19-8-10-20(11-9-19)13-14(2)12-18-16(21)15-6-4-5-7-17-15/h14-15,17H,3-13H2,1-2H3,(H,18,21)/t14?,15-/m1/s1. The Morgan fingerprint density at radius 2 is 1.95 bits per heavy atom. The van der Waals surface area contributed by atoms with Gasteiger partial charge in [-0.15, -0.1) is 0 Å². The van der Waals surface area contributed by atoms with E-state index in [2.05, 4.69) is 34.3 Å². The zero-order valence-corrected chi connectivity index (χ0v) is 13.7. The first kappa shape index (κ1) is 16.7. The SMILES string of the molecule is CCN1CCN(CC(C)CNC(=O)[C@H]2CCCCN2)CC1. The van der Waals surface area contributed by atoms with Crippen LogP contribution in [0.1, 0.15) is 33.1 Å². The van der Waals surface area contributed by atoms with E-state index < -0.39 is 0 Å². The Morgan fingerprint density at radius 3 is 2.57 bits per heavy atom. The van der Waals surface area contributed by atoms with Crippen LogP contribution in [0.5, 0.6) is 0 Å². The van der Waals surface area contributed by atoms with Crippen molar-refractivity contribution in [2.45, 2.75) is 39.2 Å². The fraction of sp³-hybridized carbons (Fsp3) is 0.938. The Bertz CT molecular complexity index is 309. The zero-order chi connectivity index (χ0) is 15.1. The van der Waals surface area contributed by atoms with Crippen LogP contribution in [0, 0.1) is 5.92 Å². The van der Waals surface area contributed by atoms with Gasteiger partial charge in [0.1, 0.15) is 0 Å². The molecule has 0 bridgehead atoms. The lowest BCUT2D eigenvalue weighted by Crippen LogP contribution is -2.50. The molecule has 2 rings (SSSR count). The van der Waals surface area contributed by atoms with Crippen molar-refractivity contribution in [3.05, 3.63) is 0 Å². The lowest BCUT2D eigenvalue weighted by molar-refractivity contribution is -0.123. The van der Waals surface area contributed by atoms with Crippen molar-refractivity contribution in [1.82, 2.24) is 20.4 Å². The fourth-order valence-corrected chi connectivity index (χ4v) is 3.27. The molecule has 2 heterocycles. The molecule has 0 aromatic rings. The number of hydrogen-bond donors (Lipinski definition) is 2. The normalized spacial score (nSPS) is 26.5. The first-order chi connectivity index (χ1) is 10.2.